The molecule has 1 N–H and O–H groups in total. The second kappa shape index (κ2) is 7.51. The van der Waals surface area contributed by atoms with Crippen molar-refractivity contribution in [2.75, 3.05) is 0 Å². The number of carbonyl (C=O) groups is 2. The van der Waals surface area contributed by atoms with Crippen molar-refractivity contribution in [3.05, 3.63) is 64.1 Å². The van der Waals surface area contributed by atoms with E-state index in [0.717, 1.165) is 4.47 Å². The number of benzene rings is 2. The summed E-state index contributed by atoms with van der Waals surface area (Å²) in [5, 5.41) is 3.89. The Bertz CT molecular complexity index is 715. The minimum atomic E-state index is -0.426. The highest BCUT2D eigenvalue weighted by Gasteiger charge is 2.06. The number of amides is 1. The predicted octanol–water partition coefficient (Wildman–Crippen LogP) is 3.14. The monoisotopic (exact) mass is 360 g/mol. The Kier molecular flexibility index (Phi) is 5.43. The third kappa shape index (κ3) is 4.53. The average molecular weight is 361 g/mol. The standard InChI is InChI=1S/C16H13BrN2O3/c1-11(20)22-15-8-7-14(17)9-13(15)10-18-19-16(21)12-5-3-2-4-6-12/h2-10H,1H3,(H,19,21). The van der Waals surface area contributed by atoms with Crippen molar-refractivity contribution in [2.24, 2.45) is 5.10 Å². The van der Waals surface area contributed by atoms with Gasteiger partial charge in [0.25, 0.3) is 5.91 Å². The lowest BCUT2D eigenvalue weighted by Gasteiger charge is -2.05. The molecule has 2 aromatic rings. The highest BCUT2D eigenvalue weighted by Crippen LogP contribution is 2.21. The summed E-state index contributed by atoms with van der Waals surface area (Å²) in [5.41, 5.74) is 3.50. The van der Waals surface area contributed by atoms with E-state index in [1.54, 1.807) is 42.5 Å². The fourth-order valence-corrected chi connectivity index (χ4v) is 2.06. The molecule has 5 nitrogen and oxygen atoms in total. The molecule has 112 valence electrons. The third-order valence-corrected chi connectivity index (χ3v) is 3.12. The van der Waals surface area contributed by atoms with Gasteiger partial charge in [0.2, 0.25) is 0 Å². The van der Waals surface area contributed by atoms with Crippen LogP contribution in [0.15, 0.2) is 58.1 Å². The van der Waals surface area contributed by atoms with E-state index in [2.05, 4.69) is 26.5 Å². The molecule has 0 aromatic heterocycles. The Hall–Kier alpha value is -2.47. The molecular weight excluding hydrogens is 348 g/mol. The first-order valence-corrected chi connectivity index (χ1v) is 7.22. The first-order valence-electron chi connectivity index (χ1n) is 6.42. The molecule has 0 spiro atoms. The van der Waals surface area contributed by atoms with Gasteiger partial charge in [0, 0.05) is 22.5 Å². The number of hydrazone groups is 1. The fourth-order valence-electron chi connectivity index (χ4n) is 1.68. The van der Waals surface area contributed by atoms with Gasteiger partial charge in [-0.1, -0.05) is 34.1 Å². The van der Waals surface area contributed by atoms with Crippen LogP contribution in [0.1, 0.15) is 22.8 Å². The van der Waals surface area contributed by atoms with Crippen molar-refractivity contribution in [1.82, 2.24) is 5.43 Å². The molecule has 2 aromatic carbocycles. The molecule has 0 unspecified atom stereocenters. The maximum atomic E-state index is 11.8. The van der Waals surface area contributed by atoms with Gasteiger partial charge in [-0.3, -0.25) is 9.59 Å². The molecule has 0 fully saturated rings. The summed E-state index contributed by atoms with van der Waals surface area (Å²) in [4.78, 5) is 22.9. The average Bonchev–Trinajstić information content (AvgIpc) is 2.50. The number of hydrogen-bond acceptors (Lipinski definition) is 4. The zero-order chi connectivity index (χ0) is 15.9. The van der Waals surface area contributed by atoms with Crippen LogP contribution in [0.4, 0.5) is 0 Å². The van der Waals surface area contributed by atoms with Gasteiger partial charge in [0.15, 0.2) is 0 Å². The van der Waals surface area contributed by atoms with E-state index in [0.29, 0.717) is 16.9 Å². The minimum absolute atomic E-state index is 0.319. The van der Waals surface area contributed by atoms with E-state index in [1.807, 2.05) is 6.07 Å². The first-order chi connectivity index (χ1) is 10.6. The number of rotatable bonds is 4. The van der Waals surface area contributed by atoms with E-state index in [9.17, 15) is 9.59 Å². The van der Waals surface area contributed by atoms with E-state index >= 15 is 0 Å². The van der Waals surface area contributed by atoms with Crippen LogP contribution in [0.2, 0.25) is 0 Å². The van der Waals surface area contributed by atoms with Crippen molar-refractivity contribution >= 4 is 34.0 Å². The van der Waals surface area contributed by atoms with Gasteiger partial charge in [-0.15, -0.1) is 0 Å². The zero-order valence-electron chi connectivity index (χ0n) is 11.7. The number of ether oxygens (including phenoxy) is 1. The van der Waals surface area contributed by atoms with E-state index in [1.165, 1.54) is 13.1 Å². The van der Waals surface area contributed by atoms with Crippen LogP contribution >= 0.6 is 15.9 Å². The topological polar surface area (TPSA) is 67.8 Å². The van der Waals surface area contributed by atoms with Crippen LogP contribution in [-0.4, -0.2) is 18.1 Å². The second-order valence-corrected chi connectivity index (χ2v) is 5.26. The lowest BCUT2D eigenvalue weighted by Crippen LogP contribution is -2.17. The number of carbonyl (C=O) groups excluding carboxylic acids is 2. The number of esters is 1. The highest BCUT2D eigenvalue weighted by molar-refractivity contribution is 9.10. The van der Waals surface area contributed by atoms with Crippen LogP contribution < -0.4 is 10.2 Å². The summed E-state index contributed by atoms with van der Waals surface area (Å²) < 4.78 is 5.88. The number of nitrogens with zero attached hydrogens (tertiary/aromatic N) is 1. The maximum Gasteiger partial charge on any atom is 0.308 e. The first kappa shape index (κ1) is 15.9. The summed E-state index contributed by atoms with van der Waals surface area (Å²) in [7, 11) is 0. The molecule has 0 radical (unpaired) electrons. The molecule has 6 heteroatoms. The van der Waals surface area contributed by atoms with Gasteiger partial charge >= 0.3 is 5.97 Å². The second-order valence-electron chi connectivity index (χ2n) is 4.34. The van der Waals surface area contributed by atoms with Crippen LogP contribution in [-0.2, 0) is 4.79 Å². The van der Waals surface area contributed by atoms with E-state index in [-0.39, 0.29) is 5.91 Å². The van der Waals surface area contributed by atoms with Gasteiger partial charge < -0.3 is 4.74 Å². The Morgan fingerprint density at radius 1 is 1.18 bits per heavy atom. The van der Waals surface area contributed by atoms with E-state index < -0.39 is 5.97 Å². The lowest BCUT2D eigenvalue weighted by atomic mass is 10.2. The molecule has 0 aliphatic rings. The summed E-state index contributed by atoms with van der Waals surface area (Å²) in [5.74, 6) is -0.375. The fraction of sp³-hybridized carbons (Fsp3) is 0.0625. The van der Waals surface area contributed by atoms with E-state index in [4.69, 9.17) is 4.74 Å². The lowest BCUT2D eigenvalue weighted by molar-refractivity contribution is -0.131. The Balaban J connectivity index is 2.11. The molecule has 0 saturated heterocycles. The molecular formula is C16H13BrN2O3. The van der Waals surface area contributed by atoms with Gasteiger partial charge in [0.05, 0.1) is 6.21 Å². The van der Waals surface area contributed by atoms with Crippen LogP contribution in [0, 0.1) is 0 Å². The molecule has 0 atom stereocenters. The van der Waals surface area contributed by atoms with Crippen LogP contribution in [0.3, 0.4) is 0 Å². The number of halogens is 1. The number of nitrogens with one attached hydrogen (secondary N) is 1. The van der Waals surface area contributed by atoms with Crippen LogP contribution in [0.5, 0.6) is 5.75 Å². The zero-order valence-corrected chi connectivity index (χ0v) is 13.3. The minimum Gasteiger partial charge on any atom is -0.426 e. The Morgan fingerprint density at radius 3 is 2.59 bits per heavy atom. The summed E-state index contributed by atoms with van der Waals surface area (Å²) in [6.07, 6.45) is 1.42. The summed E-state index contributed by atoms with van der Waals surface area (Å²) >= 11 is 3.33. The van der Waals surface area contributed by atoms with Gasteiger partial charge in [-0.05, 0) is 30.3 Å². The van der Waals surface area contributed by atoms with Gasteiger partial charge in [0.1, 0.15) is 5.75 Å². The Morgan fingerprint density at radius 2 is 1.91 bits per heavy atom. The largest absolute Gasteiger partial charge is 0.426 e. The van der Waals surface area contributed by atoms with Crippen LogP contribution in [0.25, 0.3) is 0 Å². The highest BCUT2D eigenvalue weighted by atomic mass is 79.9. The van der Waals surface area contributed by atoms with Crippen molar-refractivity contribution in [1.29, 1.82) is 0 Å². The molecule has 2 rings (SSSR count). The van der Waals surface area contributed by atoms with Gasteiger partial charge in [-0.2, -0.15) is 5.10 Å². The molecule has 22 heavy (non-hydrogen) atoms. The summed E-state index contributed by atoms with van der Waals surface area (Å²) in [6.45, 7) is 1.32. The summed E-state index contributed by atoms with van der Waals surface area (Å²) in [6, 6.07) is 13.9. The van der Waals surface area contributed by atoms with Crippen molar-refractivity contribution < 1.29 is 14.3 Å². The predicted molar refractivity (Wildman–Crippen MR) is 87.0 cm³/mol. The molecule has 1 amide bonds. The molecule has 0 saturated carbocycles. The molecule has 0 aliphatic carbocycles. The SMILES string of the molecule is CC(=O)Oc1ccc(Br)cc1C=NNC(=O)c1ccccc1. The van der Waals surface area contributed by atoms with Crippen molar-refractivity contribution in [3.63, 3.8) is 0 Å². The normalized spacial score (nSPS) is 10.5. The van der Waals surface area contributed by atoms with Crippen molar-refractivity contribution in [2.45, 2.75) is 6.92 Å². The number of hydrogen-bond donors (Lipinski definition) is 1. The quantitative estimate of drug-likeness (QED) is 0.394. The molecule has 0 heterocycles. The van der Waals surface area contributed by atoms with Gasteiger partial charge in [-0.25, -0.2) is 5.43 Å². The maximum absolute atomic E-state index is 11.8. The molecule has 0 aliphatic heterocycles. The molecule has 0 bridgehead atoms. The smallest absolute Gasteiger partial charge is 0.308 e. The third-order valence-electron chi connectivity index (χ3n) is 2.63. The Labute approximate surface area is 136 Å². The van der Waals surface area contributed by atoms with Crippen molar-refractivity contribution in [3.8, 4) is 5.75 Å².